The van der Waals surface area contributed by atoms with E-state index in [0.29, 0.717) is 19.1 Å². The minimum Gasteiger partial charge on any atom is -0.479 e. The van der Waals surface area contributed by atoms with Gasteiger partial charge in [-0.1, -0.05) is 0 Å². The lowest BCUT2D eigenvalue weighted by atomic mass is 10.6. The average molecular weight is 184 g/mol. The van der Waals surface area contributed by atoms with Gasteiger partial charge >= 0.3 is 5.69 Å². The Morgan fingerprint density at radius 3 is 2.69 bits per heavy atom. The predicted molar refractivity (Wildman–Crippen MR) is 47.2 cm³/mol. The van der Waals surface area contributed by atoms with E-state index >= 15 is 0 Å². The summed E-state index contributed by atoms with van der Waals surface area (Å²) < 4.78 is 10.2. The first kappa shape index (κ1) is 9.57. The van der Waals surface area contributed by atoms with Crippen LogP contribution in [0.1, 0.15) is 13.8 Å². The SMILES string of the molecule is CCOc1cc(OCC)[nH]c(=O)n1. The third-order valence-electron chi connectivity index (χ3n) is 1.29. The number of rotatable bonds is 4. The summed E-state index contributed by atoms with van der Waals surface area (Å²) in [6, 6.07) is 1.55. The molecule has 0 amide bonds. The van der Waals surface area contributed by atoms with Crippen LogP contribution in [-0.4, -0.2) is 23.2 Å². The van der Waals surface area contributed by atoms with Gasteiger partial charge in [-0.15, -0.1) is 0 Å². The Bertz CT molecular complexity index is 294. The van der Waals surface area contributed by atoms with Gasteiger partial charge in [-0.3, -0.25) is 4.98 Å². The number of aromatic nitrogens is 2. The molecule has 0 bridgehead atoms. The molecule has 1 heterocycles. The molecular weight excluding hydrogens is 172 g/mol. The van der Waals surface area contributed by atoms with E-state index in [2.05, 4.69) is 9.97 Å². The highest BCUT2D eigenvalue weighted by atomic mass is 16.5. The molecule has 1 aromatic heterocycles. The molecule has 0 aliphatic carbocycles. The first-order valence-corrected chi connectivity index (χ1v) is 4.13. The van der Waals surface area contributed by atoms with Gasteiger partial charge in [0.1, 0.15) is 0 Å². The molecule has 0 unspecified atom stereocenters. The van der Waals surface area contributed by atoms with Crippen molar-refractivity contribution in [2.24, 2.45) is 0 Å². The van der Waals surface area contributed by atoms with Crippen LogP contribution in [0.15, 0.2) is 10.9 Å². The second-order valence-electron chi connectivity index (χ2n) is 2.25. The van der Waals surface area contributed by atoms with Crippen molar-refractivity contribution < 1.29 is 9.47 Å². The molecule has 1 aromatic rings. The normalized spacial score (nSPS) is 9.69. The van der Waals surface area contributed by atoms with Crippen molar-refractivity contribution >= 4 is 0 Å². The quantitative estimate of drug-likeness (QED) is 0.742. The lowest BCUT2D eigenvalue weighted by Gasteiger charge is -2.04. The molecule has 13 heavy (non-hydrogen) atoms. The van der Waals surface area contributed by atoms with E-state index in [1.165, 1.54) is 0 Å². The van der Waals surface area contributed by atoms with Gasteiger partial charge in [0, 0.05) is 0 Å². The van der Waals surface area contributed by atoms with Crippen LogP contribution in [0.25, 0.3) is 0 Å². The van der Waals surface area contributed by atoms with Crippen molar-refractivity contribution in [2.75, 3.05) is 13.2 Å². The fourth-order valence-electron chi connectivity index (χ4n) is 0.869. The molecule has 5 heteroatoms. The third kappa shape index (κ3) is 2.77. The molecule has 0 aliphatic rings. The van der Waals surface area contributed by atoms with E-state index < -0.39 is 5.69 Å². The van der Waals surface area contributed by atoms with Gasteiger partial charge in [-0.25, -0.2) is 4.79 Å². The zero-order valence-corrected chi connectivity index (χ0v) is 7.66. The molecule has 0 fully saturated rings. The smallest absolute Gasteiger partial charge is 0.351 e. The standard InChI is InChI=1S/C8H12N2O3/c1-3-12-6-5-7(13-4-2)10-8(11)9-6/h5H,3-4H2,1-2H3,(H,9,10,11). The van der Waals surface area contributed by atoms with Crippen LogP contribution in [0.5, 0.6) is 11.8 Å². The molecule has 0 saturated heterocycles. The van der Waals surface area contributed by atoms with Crippen LogP contribution in [0.3, 0.4) is 0 Å². The molecule has 0 aliphatic heterocycles. The summed E-state index contributed by atoms with van der Waals surface area (Å²) in [4.78, 5) is 17.0. The largest absolute Gasteiger partial charge is 0.479 e. The van der Waals surface area contributed by atoms with Crippen molar-refractivity contribution in [1.29, 1.82) is 0 Å². The maximum absolute atomic E-state index is 10.9. The van der Waals surface area contributed by atoms with E-state index in [-0.39, 0.29) is 5.88 Å². The Morgan fingerprint density at radius 2 is 2.08 bits per heavy atom. The molecular formula is C8H12N2O3. The molecule has 0 atom stereocenters. The monoisotopic (exact) mass is 184 g/mol. The van der Waals surface area contributed by atoms with Gasteiger partial charge in [-0.2, -0.15) is 4.98 Å². The summed E-state index contributed by atoms with van der Waals surface area (Å²) in [7, 11) is 0. The van der Waals surface area contributed by atoms with E-state index in [1.54, 1.807) is 6.07 Å². The molecule has 1 N–H and O–H groups in total. The van der Waals surface area contributed by atoms with E-state index in [9.17, 15) is 4.79 Å². The van der Waals surface area contributed by atoms with Crippen LogP contribution >= 0.6 is 0 Å². The van der Waals surface area contributed by atoms with Crippen molar-refractivity contribution in [1.82, 2.24) is 9.97 Å². The summed E-state index contributed by atoms with van der Waals surface area (Å²) in [6.45, 7) is 4.62. The van der Waals surface area contributed by atoms with Gasteiger partial charge in [0.25, 0.3) is 0 Å². The Morgan fingerprint density at radius 1 is 1.38 bits per heavy atom. The van der Waals surface area contributed by atoms with Crippen molar-refractivity contribution in [3.05, 3.63) is 16.6 Å². The van der Waals surface area contributed by atoms with Crippen LogP contribution in [-0.2, 0) is 0 Å². The highest BCUT2D eigenvalue weighted by molar-refractivity contribution is 5.18. The Kier molecular flexibility index (Phi) is 3.31. The van der Waals surface area contributed by atoms with Gasteiger partial charge in [0.05, 0.1) is 19.3 Å². The fraction of sp³-hybridized carbons (Fsp3) is 0.500. The summed E-state index contributed by atoms with van der Waals surface area (Å²) in [5, 5.41) is 0. The predicted octanol–water partition coefficient (Wildman–Crippen LogP) is 0.567. The lowest BCUT2D eigenvalue weighted by molar-refractivity contribution is 0.303. The summed E-state index contributed by atoms with van der Waals surface area (Å²) in [5.41, 5.74) is -0.464. The fourth-order valence-corrected chi connectivity index (χ4v) is 0.869. The molecule has 72 valence electrons. The molecule has 5 nitrogen and oxygen atoms in total. The molecule has 0 aromatic carbocycles. The highest BCUT2D eigenvalue weighted by Gasteiger charge is 2.00. The summed E-state index contributed by atoms with van der Waals surface area (Å²) >= 11 is 0. The average Bonchev–Trinajstić information content (AvgIpc) is 2.04. The van der Waals surface area contributed by atoms with Crippen molar-refractivity contribution in [3.8, 4) is 11.8 Å². The van der Waals surface area contributed by atoms with E-state index in [4.69, 9.17) is 9.47 Å². The van der Waals surface area contributed by atoms with Gasteiger partial charge in [-0.05, 0) is 13.8 Å². The Balaban J connectivity index is 2.90. The topological polar surface area (TPSA) is 64.2 Å². The number of nitrogens with one attached hydrogen (secondary N) is 1. The second-order valence-corrected chi connectivity index (χ2v) is 2.25. The minimum absolute atomic E-state index is 0.287. The van der Waals surface area contributed by atoms with Crippen LogP contribution in [0.2, 0.25) is 0 Å². The highest BCUT2D eigenvalue weighted by Crippen LogP contribution is 2.10. The first-order valence-electron chi connectivity index (χ1n) is 4.13. The molecule has 0 saturated carbocycles. The minimum atomic E-state index is -0.464. The Labute approximate surface area is 75.7 Å². The number of H-pyrrole nitrogens is 1. The molecule has 1 rings (SSSR count). The van der Waals surface area contributed by atoms with Crippen molar-refractivity contribution in [2.45, 2.75) is 13.8 Å². The maximum atomic E-state index is 10.9. The number of hydrogen-bond donors (Lipinski definition) is 1. The van der Waals surface area contributed by atoms with Gasteiger partial charge in [0.2, 0.25) is 5.88 Å². The number of hydrogen-bond acceptors (Lipinski definition) is 4. The zero-order chi connectivity index (χ0) is 9.68. The third-order valence-corrected chi connectivity index (χ3v) is 1.29. The van der Waals surface area contributed by atoms with Crippen LogP contribution < -0.4 is 15.2 Å². The molecule has 0 spiro atoms. The Hall–Kier alpha value is -1.52. The van der Waals surface area contributed by atoms with E-state index in [0.717, 1.165) is 0 Å². The van der Waals surface area contributed by atoms with Gasteiger partial charge in [0.15, 0.2) is 5.88 Å². The second kappa shape index (κ2) is 4.49. The summed E-state index contributed by atoms with van der Waals surface area (Å²) in [6.07, 6.45) is 0. The van der Waals surface area contributed by atoms with Crippen molar-refractivity contribution in [3.63, 3.8) is 0 Å². The molecule has 0 radical (unpaired) electrons. The number of nitrogens with zero attached hydrogens (tertiary/aromatic N) is 1. The number of ether oxygens (including phenoxy) is 2. The van der Waals surface area contributed by atoms with E-state index in [1.807, 2.05) is 13.8 Å². The van der Waals surface area contributed by atoms with Crippen LogP contribution in [0.4, 0.5) is 0 Å². The lowest BCUT2D eigenvalue weighted by Crippen LogP contribution is -2.13. The summed E-state index contributed by atoms with van der Waals surface area (Å²) in [5.74, 6) is 0.667. The zero-order valence-electron chi connectivity index (χ0n) is 7.66. The first-order chi connectivity index (χ1) is 6.26. The number of aromatic amines is 1. The maximum Gasteiger partial charge on any atom is 0.351 e. The van der Waals surface area contributed by atoms with Crippen LogP contribution in [0, 0.1) is 0 Å². The van der Waals surface area contributed by atoms with Gasteiger partial charge < -0.3 is 9.47 Å².